The molecule has 1 atom stereocenters. The minimum Gasteiger partial charge on any atom is -0.307 e. The monoisotopic (exact) mass is 210 g/mol. The summed E-state index contributed by atoms with van der Waals surface area (Å²) in [4.78, 5) is 14.3. The van der Waals surface area contributed by atoms with Crippen molar-refractivity contribution in [2.24, 2.45) is 0 Å². The van der Waals surface area contributed by atoms with Crippen molar-refractivity contribution in [2.75, 3.05) is 26.2 Å². The first-order chi connectivity index (χ1) is 7.36. The second-order valence-electron chi connectivity index (χ2n) is 4.81. The average molecular weight is 210 g/mol. The zero-order valence-electron chi connectivity index (χ0n) is 9.50. The lowest BCUT2D eigenvalue weighted by Crippen LogP contribution is -2.46. The second kappa shape index (κ2) is 5.61. The summed E-state index contributed by atoms with van der Waals surface area (Å²) >= 11 is 0. The molecule has 0 aromatic rings. The van der Waals surface area contributed by atoms with Crippen molar-refractivity contribution in [1.82, 2.24) is 10.2 Å². The van der Waals surface area contributed by atoms with Crippen LogP contribution in [-0.2, 0) is 4.79 Å². The van der Waals surface area contributed by atoms with Crippen LogP contribution in [0.25, 0.3) is 0 Å². The number of rotatable bonds is 3. The Kier molecular flexibility index (Phi) is 4.15. The standard InChI is InChI=1S/C12H22N2O/c15-12(11-6-2-3-7-13-11)10-14-8-4-1-5-9-14/h11,13H,1-10H2. The van der Waals surface area contributed by atoms with Crippen LogP contribution in [0.3, 0.4) is 0 Å². The molecule has 0 amide bonds. The first-order valence-electron chi connectivity index (χ1n) is 6.35. The van der Waals surface area contributed by atoms with E-state index in [4.69, 9.17) is 0 Å². The maximum absolute atomic E-state index is 12.0. The summed E-state index contributed by atoms with van der Waals surface area (Å²) < 4.78 is 0. The Hall–Kier alpha value is -0.410. The van der Waals surface area contributed by atoms with E-state index in [-0.39, 0.29) is 6.04 Å². The van der Waals surface area contributed by atoms with Crippen molar-refractivity contribution in [2.45, 2.75) is 44.6 Å². The molecule has 2 heterocycles. The highest BCUT2D eigenvalue weighted by molar-refractivity contribution is 5.86. The van der Waals surface area contributed by atoms with Gasteiger partial charge in [-0.2, -0.15) is 0 Å². The van der Waals surface area contributed by atoms with Crippen molar-refractivity contribution in [3.8, 4) is 0 Å². The number of carbonyl (C=O) groups is 1. The summed E-state index contributed by atoms with van der Waals surface area (Å²) in [6.45, 7) is 3.95. The number of ketones is 1. The van der Waals surface area contributed by atoms with Crippen molar-refractivity contribution >= 4 is 5.78 Å². The highest BCUT2D eigenvalue weighted by Crippen LogP contribution is 2.11. The predicted molar refractivity (Wildman–Crippen MR) is 60.9 cm³/mol. The van der Waals surface area contributed by atoms with Gasteiger partial charge in [-0.1, -0.05) is 12.8 Å². The number of carbonyl (C=O) groups excluding carboxylic acids is 1. The fourth-order valence-corrected chi connectivity index (χ4v) is 2.57. The SMILES string of the molecule is O=C(CN1CCCCC1)C1CCCCN1. The number of nitrogens with zero attached hydrogens (tertiary/aromatic N) is 1. The van der Waals surface area contributed by atoms with Gasteiger partial charge in [0.2, 0.25) is 0 Å². The van der Waals surface area contributed by atoms with Crippen molar-refractivity contribution in [3.05, 3.63) is 0 Å². The first-order valence-corrected chi connectivity index (χ1v) is 6.35. The largest absolute Gasteiger partial charge is 0.307 e. The molecular weight excluding hydrogens is 188 g/mol. The molecule has 0 aromatic heterocycles. The number of nitrogens with one attached hydrogen (secondary N) is 1. The van der Waals surface area contributed by atoms with Crippen LogP contribution >= 0.6 is 0 Å². The molecule has 2 aliphatic rings. The van der Waals surface area contributed by atoms with E-state index in [0.29, 0.717) is 12.3 Å². The Morgan fingerprint density at radius 2 is 1.93 bits per heavy atom. The molecule has 3 heteroatoms. The molecular formula is C12H22N2O. The molecule has 3 nitrogen and oxygen atoms in total. The molecule has 0 aromatic carbocycles. The Bertz CT molecular complexity index is 206. The minimum atomic E-state index is 0.153. The molecule has 15 heavy (non-hydrogen) atoms. The van der Waals surface area contributed by atoms with E-state index in [9.17, 15) is 4.79 Å². The Morgan fingerprint density at radius 1 is 1.13 bits per heavy atom. The zero-order chi connectivity index (χ0) is 10.5. The fourth-order valence-electron chi connectivity index (χ4n) is 2.57. The molecule has 2 aliphatic heterocycles. The summed E-state index contributed by atoms with van der Waals surface area (Å²) in [6, 6.07) is 0.153. The summed E-state index contributed by atoms with van der Waals surface area (Å²) in [6.07, 6.45) is 7.37. The Morgan fingerprint density at radius 3 is 2.60 bits per heavy atom. The minimum absolute atomic E-state index is 0.153. The van der Waals surface area contributed by atoms with Crippen LogP contribution in [0.15, 0.2) is 0 Å². The Balaban J connectivity index is 1.74. The molecule has 0 bridgehead atoms. The van der Waals surface area contributed by atoms with Crippen molar-refractivity contribution in [3.63, 3.8) is 0 Å². The van der Waals surface area contributed by atoms with E-state index in [1.54, 1.807) is 0 Å². The third-order valence-electron chi connectivity index (χ3n) is 3.53. The van der Waals surface area contributed by atoms with E-state index >= 15 is 0 Å². The molecule has 0 spiro atoms. The fraction of sp³-hybridized carbons (Fsp3) is 0.917. The van der Waals surface area contributed by atoms with Gasteiger partial charge in [-0.05, 0) is 45.3 Å². The van der Waals surface area contributed by atoms with Gasteiger partial charge in [0.15, 0.2) is 5.78 Å². The summed E-state index contributed by atoms with van der Waals surface area (Å²) in [5.74, 6) is 0.414. The van der Waals surface area contributed by atoms with Gasteiger partial charge in [0.1, 0.15) is 0 Å². The second-order valence-corrected chi connectivity index (χ2v) is 4.81. The van der Waals surface area contributed by atoms with Gasteiger partial charge in [-0.3, -0.25) is 9.69 Å². The summed E-state index contributed by atoms with van der Waals surface area (Å²) in [5.41, 5.74) is 0. The van der Waals surface area contributed by atoms with Gasteiger partial charge < -0.3 is 5.32 Å². The normalized spacial score (nSPS) is 28.9. The van der Waals surface area contributed by atoms with Crippen molar-refractivity contribution < 1.29 is 4.79 Å². The highest BCUT2D eigenvalue weighted by atomic mass is 16.1. The van der Waals surface area contributed by atoms with Crippen LogP contribution in [0.2, 0.25) is 0 Å². The third-order valence-corrected chi connectivity index (χ3v) is 3.53. The number of hydrogen-bond donors (Lipinski definition) is 1. The van der Waals surface area contributed by atoms with Crippen molar-refractivity contribution in [1.29, 1.82) is 0 Å². The van der Waals surface area contributed by atoms with Crippen LogP contribution in [0.5, 0.6) is 0 Å². The van der Waals surface area contributed by atoms with E-state index in [0.717, 1.165) is 26.1 Å². The van der Waals surface area contributed by atoms with Gasteiger partial charge in [-0.15, -0.1) is 0 Å². The molecule has 2 fully saturated rings. The quantitative estimate of drug-likeness (QED) is 0.759. The lowest BCUT2D eigenvalue weighted by Gasteiger charge is -2.29. The molecule has 0 aliphatic carbocycles. The molecule has 0 saturated carbocycles. The van der Waals surface area contributed by atoms with Gasteiger partial charge in [0, 0.05) is 0 Å². The molecule has 86 valence electrons. The molecule has 1 N–H and O–H groups in total. The maximum Gasteiger partial charge on any atom is 0.163 e. The topological polar surface area (TPSA) is 32.3 Å². The Labute approximate surface area is 92.2 Å². The van der Waals surface area contributed by atoms with E-state index < -0.39 is 0 Å². The number of hydrogen-bond acceptors (Lipinski definition) is 3. The van der Waals surface area contributed by atoms with Crippen LogP contribution < -0.4 is 5.32 Å². The van der Waals surface area contributed by atoms with Crippen LogP contribution in [0, 0.1) is 0 Å². The van der Waals surface area contributed by atoms with Gasteiger partial charge in [0.25, 0.3) is 0 Å². The van der Waals surface area contributed by atoms with E-state index in [1.807, 2.05) is 0 Å². The van der Waals surface area contributed by atoms with E-state index in [2.05, 4.69) is 10.2 Å². The van der Waals surface area contributed by atoms with Crippen LogP contribution in [0.4, 0.5) is 0 Å². The number of piperidine rings is 2. The molecule has 2 saturated heterocycles. The smallest absolute Gasteiger partial charge is 0.163 e. The predicted octanol–water partition coefficient (Wildman–Crippen LogP) is 1.18. The number of likely N-dealkylation sites (tertiary alicyclic amines) is 1. The van der Waals surface area contributed by atoms with Gasteiger partial charge in [-0.25, -0.2) is 0 Å². The molecule has 2 rings (SSSR count). The maximum atomic E-state index is 12.0. The lowest BCUT2D eigenvalue weighted by atomic mass is 10.0. The van der Waals surface area contributed by atoms with Gasteiger partial charge >= 0.3 is 0 Å². The summed E-state index contributed by atoms with van der Waals surface area (Å²) in [7, 11) is 0. The zero-order valence-corrected chi connectivity index (χ0v) is 9.50. The number of Topliss-reactive ketones (excluding diaryl/α,β-unsaturated/α-hetero) is 1. The van der Waals surface area contributed by atoms with Crippen LogP contribution in [-0.4, -0.2) is 42.9 Å². The molecule has 1 unspecified atom stereocenters. The first kappa shape index (κ1) is 11.1. The van der Waals surface area contributed by atoms with Gasteiger partial charge in [0.05, 0.1) is 12.6 Å². The molecule has 0 radical (unpaired) electrons. The third kappa shape index (κ3) is 3.28. The van der Waals surface area contributed by atoms with E-state index in [1.165, 1.54) is 32.1 Å². The highest BCUT2D eigenvalue weighted by Gasteiger charge is 2.22. The summed E-state index contributed by atoms with van der Waals surface area (Å²) in [5, 5.41) is 3.33. The lowest BCUT2D eigenvalue weighted by molar-refractivity contribution is -0.122. The van der Waals surface area contributed by atoms with Crippen LogP contribution in [0.1, 0.15) is 38.5 Å². The average Bonchev–Trinajstić information content (AvgIpc) is 2.31.